The Bertz CT molecular complexity index is 1080. The summed E-state index contributed by atoms with van der Waals surface area (Å²) in [5.74, 6) is 0. The molecule has 3 aromatic carbocycles. The van der Waals surface area contributed by atoms with Gasteiger partial charge in [0.2, 0.25) is 0 Å². The lowest BCUT2D eigenvalue weighted by molar-refractivity contribution is 1.36. The van der Waals surface area contributed by atoms with Crippen molar-refractivity contribution < 1.29 is 0 Å². The van der Waals surface area contributed by atoms with Crippen LogP contribution in [0.2, 0.25) is 0 Å². The van der Waals surface area contributed by atoms with E-state index in [0.717, 1.165) is 4.47 Å². The summed E-state index contributed by atoms with van der Waals surface area (Å²) in [5, 5.41) is 2.41. The number of benzene rings is 3. The summed E-state index contributed by atoms with van der Waals surface area (Å²) < 4.78 is 1.09. The molecule has 0 radical (unpaired) electrons. The van der Waals surface area contributed by atoms with E-state index in [2.05, 4.69) is 95.4 Å². The van der Waals surface area contributed by atoms with Crippen LogP contribution in [0, 0.1) is 13.8 Å². The van der Waals surface area contributed by atoms with Crippen molar-refractivity contribution in [3.63, 3.8) is 0 Å². The molecule has 0 spiro atoms. The average molecular weight is 388 g/mol. The molecule has 4 aromatic rings. The van der Waals surface area contributed by atoms with Gasteiger partial charge in [-0.15, -0.1) is 0 Å². The van der Waals surface area contributed by atoms with Gasteiger partial charge in [0.1, 0.15) is 0 Å². The number of aryl methyl sites for hydroxylation is 2. The van der Waals surface area contributed by atoms with Gasteiger partial charge in [-0.1, -0.05) is 64.0 Å². The Hall–Kier alpha value is -2.45. The van der Waals surface area contributed by atoms with Crippen molar-refractivity contribution in [2.45, 2.75) is 13.8 Å². The second-order valence-electron chi connectivity index (χ2n) is 6.41. The summed E-state index contributed by atoms with van der Waals surface area (Å²) >= 11 is 3.58. The van der Waals surface area contributed by atoms with Crippen molar-refractivity contribution in [1.82, 2.24) is 4.98 Å². The Balaban J connectivity index is 1.99. The van der Waals surface area contributed by atoms with Crippen LogP contribution in [0.4, 0.5) is 0 Å². The Morgan fingerprint density at radius 2 is 1.56 bits per heavy atom. The van der Waals surface area contributed by atoms with Crippen LogP contribution in [0.5, 0.6) is 0 Å². The van der Waals surface area contributed by atoms with Crippen molar-refractivity contribution in [2.24, 2.45) is 0 Å². The molecule has 0 atom stereocenters. The van der Waals surface area contributed by atoms with E-state index >= 15 is 0 Å². The number of fused-ring (bicyclic) bond motifs is 1. The highest BCUT2D eigenvalue weighted by molar-refractivity contribution is 9.10. The minimum Gasteiger partial charge on any atom is -0.264 e. The molecule has 2 heteroatoms. The largest absolute Gasteiger partial charge is 0.264 e. The molecule has 0 aliphatic rings. The fourth-order valence-corrected chi connectivity index (χ4v) is 3.85. The van der Waals surface area contributed by atoms with Gasteiger partial charge in [0.05, 0.1) is 0 Å². The second-order valence-corrected chi connectivity index (χ2v) is 7.33. The first-order chi connectivity index (χ1) is 12.1. The van der Waals surface area contributed by atoms with Gasteiger partial charge in [-0.05, 0) is 65.3 Å². The Morgan fingerprint density at radius 3 is 2.36 bits per heavy atom. The minimum absolute atomic E-state index is 1.09. The normalized spacial score (nSPS) is 11.0. The zero-order valence-corrected chi connectivity index (χ0v) is 15.8. The zero-order valence-electron chi connectivity index (χ0n) is 14.3. The van der Waals surface area contributed by atoms with Crippen molar-refractivity contribution in [3.8, 4) is 22.3 Å². The summed E-state index contributed by atoms with van der Waals surface area (Å²) in [7, 11) is 0. The molecular formula is C23H18BrN. The van der Waals surface area contributed by atoms with Gasteiger partial charge in [-0.25, -0.2) is 0 Å². The molecule has 1 heterocycles. The molecule has 0 N–H and O–H groups in total. The van der Waals surface area contributed by atoms with Gasteiger partial charge >= 0.3 is 0 Å². The van der Waals surface area contributed by atoms with Crippen molar-refractivity contribution in [2.75, 3.05) is 0 Å². The number of hydrogen-bond donors (Lipinski definition) is 0. The Morgan fingerprint density at radius 1 is 0.760 bits per heavy atom. The van der Waals surface area contributed by atoms with E-state index in [1.54, 1.807) is 0 Å². The van der Waals surface area contributed by atoms with Crippen LogP contribution in [0.25, 0.3) is 33.0 Å². The highest BCUT2D eigenvalue weighted by Crippen LogP contribution is 2.37. The topological polar surface area (TPSA) is 12.9 Å². The molecule has 0 fully saturated rings. The van der Waals surface area contributed by atoms with Crippen molar-refractivity contribution in [1.29, 1.82) is 0 Å². The molecule has 0 aliphatic heterocycles. The number of hydrogen-bond acceptors (Lipinski definition) is 1. The predicted octanol–water partition coefficient (Wildman–Crippen LogP) is 6.95. The van der Waals surface area contributed by atoms with E-state index in [4.69, 9.17) is 0 Å². The van der Waals surface area contributed by atoms with E-state index in [1.807, 2.05) is 12.4 Å². The van der Waals surface area contributed by atoms with Crippen LogP contribution in [0.15, 0.2) is 77.5 Å². The second kappa shape index (κ2) is 6.45. The van der Waals surface area contributed by atoms with E-state index in [1.165, 1.54) is 44.2 Å². The van der Waals surface area contributed by atoms with Crippen LogP contribution in [-0.4, -0.2) is 4.98 Å². The van der Waals surface area contributed by atoms with Crippen molar-refractivity contribution >= 4 is 26.7 Å². The molecule has 1 aromatic heterocycles. The average Bonchev–Trinajstić information content (AvgIpc) is 2.61. The molecule has 25 heavy (non-hydrogen) atoms. The van der Waals surface area contributed by atoms with Gasteiger partial charge in [0.15, 0.2) is 0 Å². The molecule has 0 aliphatic carbocycles. The summed E-state index contributed by atoms with van der Waals surface area (Å²) in [5.41, 5.74) is 7.52. The molecular weight excluding hydrogens is 370 g/mol. The first-order valence-electron chi connectivity index (χ1n) is 8.34. The van der Waals surface area contributed by atoms with Crippen LogP contribution in [-0.2, 0) is 0 Å². The van der Waals surface area contributed by atoms with Gasteiger partial charge < -0.3 is 0 Å². The molecule has 0 bridgehead atoms. The highest BCUT2D eigenvalue weighted by Gasteiger charge is 2.11. The first-order valence-corrected chi connectivity index (χ1v) is 9.13. The van der Waals surface area contributed by atoms with Gasteiger partial charge in [-0.3, -0.25) is 4.98 Å². The standard InChI is InChI=1S/C23H18BrN/c1-15-6-7-19(16(2)12-15)21-9-8-20(17-4-3-5-18(24)13-17)22-10-11-25-14-23(21)22/h3-14H,1-2H3. The van der Waals surface area contributed by atoms with Crippen LogP contribution in [0.3, 0.4) is 0 Å². The van der Waals surface area contributed by atoms with Gasteiger partial charge in [0.25, 0.3) is 0 Å². The van der Waals surface area contributed by atoms with Crippen LogP contribution in [0.1, 0.15) is 11.1 Å². The minimum atomic E-state index is 1.09. The monoisotopic (exact) mass is 387 g/mol. The predicted molar refractivity (Wildman–Crippen MR) is 110 cm³/mol. The van der Waals surface area contributed by atoms with E-state index in [0.29, 0.717) is 0 Å². The number of nitrogens with zero attached hydrogens (tertiary/aromatic N) is 1. The summed E-state index contributed by atoms with van der Waals surface area (Å²) in [6.45, 7) is 4.31. The van der Waals surface area contributed by atoms with Gasteiger partial charge in [-0.2, -0.15) is 0 Å². The highest BCUT2D eigenvalue weighted by atomic mass is 79.9. The molecule has 122 valence electrons. The van der Waals surface area contributed by atoms with Crippen LogP contribution >= 0.6 is 15.9 Å². The lowest BCUT2D eigenvalue weighted by atomic mass is 9.91. The maximum Gasteiger partial charge on any atom is 0.0352 e. The fraction of sp³-hybridized carbons (Fsp3) is 0.0870. The van der Waals surface area contributed by atoms with E-state index in [-0.39, 0.29) is 0 Å². The Kier molecular flexibility index (Phi) is 4.14. The molecule has 1 nitrogen and oxygen atoms in total. The quantitative estimate of drug-likeness (QED) is 0.362. The lowest BCUT2D eigenvalue weighted by Gasteiger charge is -2.14. The number of pyridine rings is 1. The SMILES string of the molecule is Cc1ccc(-c2ccc(-c3cccc(Br)c3)c3ccncc23)c(C)c1. The maximum atomic E-state index is 4.39. The maximum absolute atomic E-state index is 4.39. The third-order valence-corrected chi connectivity index (χ3v) is 5.12. The van der Waals surface area contributed by atoms with E-state index < -0.39 is 0 Å². The number of halogens is 1. The smallest absolute Gasteiger partial charge is 0.0352 e. The molecule has 0 saturated carbocycles. The zero-order chi connectivity index (χ0) is 17.4. The number of rotatable bonds is 2. The third-order valence-electron chi connectivity index (χ3n) is 4.63. The molecule has 0 saturated heterocycles. The molecule has 0 unspecified atom stereocenters. The third kappa shape index (κ3) is 2.98. The Labute approximate surface area is 156 Å². The summed E-state index contributed by atoms with van der Waals surface area (Å²) in [6, 6.07) is 21.6. The first kappa shape index (κ1) is 16.0. The molecule has 0 amide bonds. The molecule has 4 rings (SSSR count). The van der Waals surface area contributed by atoms with Gasteiger partial charge in [0, 0.05) is 22.3 Å². The van der Waals surface area contributed by atoms with E-state index in [9.17, 15) is 0 Å². The summed E-state index contributed by atoms with van der Waals surface area (Å²) in [4.78, 5) is 4.39. The number of aromatic nitrogens is 1. The van der Waals surface area contributed by atoms with Crippen LogP contribution < -0.4 is 0 Å². The van der Waals surface area contributed by atoms with Crippen molar-refractivity contribution in [3.05, 3.63) is 88.7 Å². The lowest BCUT2D eigenvalue weighted by Crippen LogP contribution is -1.90. The fourth-order valence-electron chi connectivity index (χ4n) is 3.45. The summed E-state index contributed by atoms with van der Waals surface area (Å²) in [6.07, 6.45) is 3.85.